The Kier molecular flexibility index (Phi) is 14.5. The summed E-state index contributed by atoms with van der Waals surface area (Å²) < 4.78 is 0. The molecule has 0 saturated carbocycles. The molecule has 5 atom stereocenters. The Balaban J connectivity index is 5.59. The molecule has 194 valence electrons. The maximum absolute atomic E-state index is 13.0. The number of aliphatic carboxylic acids is 1. The molecule has 0 bridgehead atoms. The van der Waals surface area contributed by atoms with E-state index in [0.717, 1.165) is 0 Å². The van der Waals surface area contributed by atoms with Crippen molar-refractivity contribution in [2.75, 3.05) is 12.0 Å². The summed E-state index contributed by atoms with van der Waals surface area (Å²) in [7, 11) is 0. The third kappa shape index (κ3) is 11.8. The number of carbonyl (C=O) groups is 6. The summed E-state index contributed by atoms with van der Waals surface area (Å²) in [5, 5.41) is 16.4. The molecule has 0 fully saturated rings. The molecule has 10 N–H and O–H groups in total. The number of primary amides is 2. The average molecular weight is 505 g/mol. The highest BCUT2D eigenvalue weighted by atomic mass is 32.2. The lowest BCUT2D eigenvalue weighted by molar-refractivity contribution is -0.144. The van der Waals surface area contributed by atoms with Gasteiger partial charge in [-0.05, 0) is 30.8 Å². The maximum Gasteiger partial charge on any atom is 0.326 e. The highest BCUT2D eigenvalue weighted by Gasteiger charge is 2.33. The van der Waals surface area contributed by atoms with Crippen molar-refractivity contribution in [1.29, 1.82) is 0 Å². The molecular weight excluding hydrogens is 468 g/mol. The molecule has 0 aromatic rings. The van der Waals surface area contributed by atoms with E-state index in [4.69, 9.17) is 17.2 Å². The highest BCUT2D eigenvalue weighted by molar-refractivity contribution is 7.98. The second-order valence-electron chi connectivity index (χ2n) is 7.90. The first-order chi connectivity index (χ1) is 15.8. The van der Waals surface area contributed by atoms with Crippen LogP contribution in [0.1, 0.15) is 46.0 Å². The van der Waals surface area contributed by atoms with E-state index in [1.807, 2.05) is 6.26 Å². The van der Waals surface area contributed by atoms with Crippen LogP contribution in [0.2, 0.25) is 0 Å². The summed E-state index contributed by atoms with van der Waals surface area (Å²) in [6.07, 6.45) is 1.68. The van der Waals surface area contributed by atoms with Gasteiger partial charge in [-0.15, -0.1) is 0 Å². The van der Waals surface area contributed by atoms with Crippen LogP contribution in [0.4, 0.5) is 0 Å². The van der Waals surface area contributed by atoms with Crippen molar-refractivity contribution in [3.8, 4) is 0 Å². The summed E-state index contributed by atoms with van der Waals surface area (Å²) in [6.45, 7) is 3.41. The molecular formula is C20H36N6O7S. The number of hydrogen-bond acceptors (Lipinski definition) is 8. The number of thioether (sulfide) groups is 1. The minimum Gasteiger partial charge on any atom is -0.480 e. The van der Waals surface area contributed by atoms with Crippen molar-refractivity contribution in [3.05, 3.63) is 0 Å². The third-order valence-electron chi connectivity index (χ3n) is 5.10. The number of amides is 5. The predicted molar refractivity (Wildman–Crippen MR) is 126 cm³/mol. The maximum atomic E-state index is 13.0. The highest BCUT2D eigenvalue weighted by Crippen LogP contribution is 2.11. The number of carboxylic acid groups (broad SMARTS) is 1. The zero-order valence-electron chi connectivity index (χ0n) is 19.7. The van der Waals surface area contributed by atoms with Gasteiger partial charge in [0.25, 0.3) is 0 Å². The van der Waals surface area contributed by atoms with Crippen LogP contribution in [0.3, 0.4) is 0 Å². The second kappa shape index (κ2) is 15.9. The van der Waals surface area contributed by atoms with Crippen molar-refractivity contribution in [2.24, 2.45) is 23.1 Å². The van der Waals surface area contributed by atoms with Gasteiger partial charge < -0.3 is 38.3 Å². The van der Waals surface area contributed by atoms with E-state index in [2.05, 4.69) is 16.0 Å². The zero-order chi connectivity index (χ0) is 26.4. The molecule has 34 heavy (non-hydrogen) atoms. The number of rotatable bonds is 17. The molecule has 0 aliphatic rings. The summed E-state index contributed by atoms with van der Waals surface area (Å²) in [5.41, 5.74) is 16.1. The second-order valence-corrected chi connectivity index (χ2v) is 8.88. The molecule has 5 unspecified atom stereocenters. The predicted octanol–water partition coefficient (Wildman–Crippen LogP) is -2.21. The monoisotopic (exact) mass is 504 g/mol. The number of carboxylic acids is 1. The van der Waals surface area contributed by atoms with Crippen molar-refractivity contribution in [3.63, 3.8) is 0 Å². The van der Waals surface area contributed by atoms with Gasteiger partial charge in [0.05, 0.1) is 12.5 Å². The molecule has 0 rings (SSSR count). The Morgan fingerprint density at radius 3 is 1.94 bits per heavy atom. The summed E-state index contributed by atoms with van der Waals surface area (Å²) >= 11 is 1.50. The fourth-order valence-electron chi connectivity index (χ4n) is 2.83. The van der Waals surface area contributed by atoms with Crippen LogP contribution >= 0.6 is 11.8 Å². The van der Waals surface area contributed by atoms with Gasteiger partial charge in [0.15, 0.2) is 0 Å². The van der Waals surface area contributed by atoms with Crippen molar-refractivity contribution >= 4 is 47.3 Å². The summed E-state index contributed by atoms with van der Waals surface area (Å²) in [6, 6.07) is -4.85. The van der Waals surface area contributed by atoms with Gasteiger partial charge in [-0.1, -0.05) is 20.3 Å². The molecule has 0 saturated heterocycles. The molecule has 13 nitrogen and oxygen atoms in total. The molecule has 0 aromatic heterocycles. The minimum atomic E-state index is -1.58. The van der Waals surface area contributed by atoms with Gasteiger partial charge in [-0.3, -0.25) is 24.0 Å². The van der Waals surface area contributed by atoms with Gasteiger partial charge in [0.2, 0.25) is 29.5 Å². The van der Waals surface area contributed by atoms with Crippen LogP contribution in [0.15, 0.2) is 0 Å². The largest absolute Gasteiger partial charge is 0.480 e. The molecule has 0 aliphatic carbocycles. The quantitative estimate of drug-likeness (QED) is 0.113. The van der Waals surface area contributed by atoms with Crippen LogP contribution in [0.25, 0.3) is 0 Å². The molecule has 0 aromatic carbocycles. The first-order valence-electron chi connectivity index (χ1n) is 10.8. The van der Waals surface area contributed by atoms with Gasteiger partial charge >= 0.3 is 5.97 Å². The molecule has 0 radical (unpaired) electrons. The van der Waals surface area contributed by atoms with E-state index in [-0.39, 0.29) is 12.8 Å². The van der Waals surface area contributed by atoms with Crippen LogP contribution in [-0.2, 0) is 28.8 Å². The van der Waals surface area contributed by atoms with Crippen molar-refractivity contribution < 1.29 is 33.9 Å². The Bertz CT molecular complexity index is 751. The van der Waals surface area contributed by atoms with E-state index in [9.17, 15) is 33.9 Å². The van der Waals surface area contributed by atoms with E-state index in [0.29, 0.717) is 18.6 Å². The van der Waals surface area contributed by atoms with Crippen LogP contribution in [-0.4, -0.2) is 76.8 Å². The van der Waals surface area contributed by atoms with E-state index in [1.54, 1.807) is 13.8 Å². The smallest absolute Gasteiger partial charge is 0.326 e. The summed E-state index contributed by atoms with van der Waals surface area (Å²) in [4.78, 5) is 71.9. The number of nitrogens with one attached hydrogen (secondary N) is 3. The molecule has 0 heterocycles. The fourth-order valence-corrected chi connectivity index (χ4v) is 3.32. The fraction of sp³-hybridized carbons (Fsp3) is 0.700. The Labute approximate surface area is 202 Å². The first kappa shape index (κ1) is 31.1. The molecule has 14 heteroatoms. The summed E-state index contributed by atoms with van der Waals surface area (Å²) in [5.74, 6) is -5.11. The first-order valence-corrected chi connectivity index (χ1v) is 12.2. The average Bonchev–Trinajstić information content (AvgIpc) is 2.76. The minimum absolute atomic E-state index is 0.129. The van der Waals surface area contributed by atoms with Gasteiger partial charge in [0, 0.05) is 6.42 Å². The van der Waals surface area contributed by atoms with Crippen LogP contribution in [0, 0.1) is 5.92 Å². The van der Waals surface area contributed by atoms with Gasteiger partial charge in [0.1, 0.15) is 18.1 Å². The van der Waals surface area contributed by atoms with Gasteiger partial charge in [-0.2, -0.15) is 11.8 Å². The number of hydrogen-bond donors (Lipinski definition) is 7. The van der Waals surface area contributed by atoms with Crippen molar-refractivity contribution in [2.45, 2.75) is 70.1 Å². The zero-order valence-corrected chi connectivity index (χ0v) is 20.5. The third-order valence-corrected chi connectivity index (χ3v) is 5.74. The topological polar surface area (TPSA) is 237 Å². The lowest BCUT2D eigenvalue weighted by atomic mass is 9.97. The lowest BCUT2D eigenvalue weighted by Gasteiger charge is -2.28. The Morgan fingerprint density at radius 2 is 1.47 bits per heavy atom. The van der Waals surface area contributed by atoms with E-state index >= 15 is 0 Å². The van der Waals surface area contributed by atoms with Crippen LogP contribution in [0.5, 0.6) is 0 Å². The van der Waals surface area contributed by atoms with E-state index < -0.39 is 72.0 Å². The Morgan fingerprint density at radius 1 is 0.882 bits per heavy atom. The van der Waals surface area contributed by atoms with Crippen LogP contribution < -0.4 is 33.2 Å². The Hall–Kier alpha value is -2.87. The van der Waals surface area contributed by atoms with E-state index in [1.165, 1.54) is 11.8 Å². The standard InChI is InChI=1S/C20H36N6O7S/c1-4-10(2)16(19(31)25-13(20(32)33)9-15(23)28)26-18(30)12(5-6-14(22)27)24-17(29)11(21)7-8-34-3/h10-13,16H,4-9,21H2,1-3H3,(H2,22,27)(H2,23,28)(H,24,29)(H,25,31)(H,26,30)(H,32,33). The molecule has 0 spiro atoms. The van der Waals surface area contributed by atoms with Gasteiger partial charge in [-0.25, -0.2) is 4.79 Å². The number of carbonyl (C=O) groups excluding carboxylic acids is 5. The van der Waals surface area contributed by atoms with Crippen molar-refractivity contribution in [1.82, 2.24) is 16.0 Å². The number of nitrogens with two attached hydrogens (primary N) is 3. The SMILES string of the molecule is CCC(C)C(NC(=O)C(CCC(N)=O)NC(=O)C(N)CCSC)C(=O)NC(CC(N)=O)C(=O)O. The normalized spacial score (nSPS) is 15.2. The molecule has 0 aliphatic heterocycles. The molecule has 5 amide bonds. The lowest BCUT2D eigenvalue weighted by Crippen LogP contribution is -2.59.